The maximum absolute atomic E-state index is 11.0. The Kier molecular flexibility index (Phi) is 13.5. The molecule has 0 amide bonds. The summed E-state index contributed by atoms with van der Waals surface area (Å²) >= 11 is 0. The lowest BCUT2D eigenvalue weighted by atomic mass is 9.79. The summed E-state index contributed by atoms with van der Waals surface area (Å²) in [4.78, 5) is 28.7. The molecule has 20 nitrogen and oxygen atoms in total. The molecule has 0 atom stereocenters. The molecule has 0 aliphatic carbocycles. The molecular weight excluding hydrogens is 819 g/mol. The first-order valence-corrected chi connectivity index (χ1v) is 23.1. The number of anilines is 5. The van der Waals surface area contributed by atoms with E-state index in [0.717, 1.165) is 0 Å². The number of hydrogen-bond donors (Lipinski definition) is 9. The second kappa shape index (κ2) is 17.3. The van der Waals surface area contributed by atoms with Crippen LogP contribution in [0.4, 0.5) is 29.7 Å². The van der Waals surface area contributed by atoms with Crippen LogP contribution in [-0.4, -0.2) is 153 Å². The third-order valence-corrected chi connectivity index (χ3v) is 13.8. The molecule has 64 heavy (non-hydrogen) atoms. The highest BCUT2D eigenvalue weighted by Crippen LogP contribution is 2.41. The van der Waals surface area contributed by atoms with Crippen LogP contribution in [0.3, 0.4) is 0 Å². The van der Waals surface area contributed by atoms with Crippen LogP contribution >= 0.6 is 0 Å². The van der Waals surface area contributed by atoms with Gasteiger partial charge in [-0.3, -0.25) is 0 Å². The quantitative estimate of drug-likeness (QED) is 0.0935. The molecule has 362 valence electrons. The van der Waals surface area contributed by atoms with Gasteiger partial charge in [0.2, 0.25) is 29.7 Å². The minimum Gasteiger partial charge on any atom is -0.461 e. The highest BCUT2D eigenvalue weighted by molar-refractivity contribution is 5.44. The third kappa shape index (κ3) is 11.2. The number of hydrogen-bond acceptors (Lipinski definition) is 20. The van der Waals surface area contributed by atoms with Crippen molar-refractivity contribution in [3.05, 3.63) is 0 Å². The number of piperidine rings is 4. The van der Waals surface area contributed by atoms with Crippen LogP contribution in [0.2, 0.25) is 0 Å². The van der Waals surface area contributed by atoms with Gasteiger partial charge in [0.15, 0.2) is 0 Å². The van der Waals surface area contributed by atoms with Gasteiger partial charge in [0.25, 0.3) is 0 Å². The normalized spacial score (nSPS) is 26.2. The molecule has 0 radical (unpaired) electrons. The Labute approximate surface area is 381 Å². The summed E-state index contributed by atoms with van der Waals surface area (Å²) in [5.41, 5.74) is -3.84. The van der Waals surface area contributed by atoms with Crippen LogP contribution in [0.15, 0.2) is 0 Å². The smallest absolute Gasteiger partial charge is 0.323 e. The van der Waals surface area contributed by atoms with E-state index >= 15 is 0 Å². The van der Waals surface area contributed by atoms with Gasteiger partial charge in [-0.1, -0.05) is 0 Å². The van der Waals surface area contributed by atoms with Gasteiger partial charge in [0, 0.05) is 68.5 Å². The van der Waals surface area contributed by atoms with Crippen molar-refractivity contribution in [3.63, 3.8) is 0 Å². The Hall–Kier alpha value is -3.50. The zero-order valence-electron chi connectivity index (χ0n) is 41.5. The molecule has 2 aromatic rings. The number of nitrogens with zero attached hydrogens (tertiary/aromatic N) is 10. The summed E-state index contributed by atoms with van der Waals surface area (Å²) < 4.78 is 6.24. The average molecular weight is 900 g/mol. The first-order valence-electron chi connectivity index (χ1n) is 23.1. The van der Waals surface area contributed by atoms with Crippen LogP contribution in [0, 0.1) is 0 Å². The van der Waals surface area contributed by atoms with Gasteiger partial charge in [-0.15, -0.1) is 0 Å². The SMILES string of the molecule is CC1(C)CC(Nc2nc(NCCOc3nc(NC4CC(C)(C)N(O)C(C)(C)C4)nc(NC4CC(C)(C)N(O)C(C)(C)C4)n3)nc(NC3CC(C)(C)N(O)C(C)(C)C3)n2)CC(C)(C)N1O. The van der Waals surface area contributed by atoms with E-state index in [1.807, 2.05) is 111 Å². The van der Waals surface area contributed by atoms with E-state index in [1.54, 1.807) is 0 Å². The molecule has 2 aromatic heterocycles. The van der Waals surface area contributed by atoms with E-state index in [1.165, 1.54) is 20.3 Å². The number of rotatable bonds is 13. The van der Waals surface area contributed by atoms with Gasteiger partial charge in [-0.2, -0.15) is 50.2 Å². The summed E-state index contributed by atoms with van der Waals surface area (Å²) in [6.45, 7) is 32.9. The molecule has 0 unspecified atom stereocenters. The molecule has 4 aliphatic heterocycles. The minimum atomic E-state index is -0.484. The monoisotopic (exact) mass is 900 g/mol. The van der Waals surface area contributed by atoms with Gasteiger partial charge in [-0.05, 0) is 162 Å². The van der Waals surface area contributed by atoms with Gasteiger partial charge >= 0.3 is 6.01 Å². The van der Waals surface area contributed by atoms with E-state index in [2.05, 4.69) is 26.6 Å². The molecule has 9 N–H and O–H groups in total. The van der Waals surface area contributed by atoms with E-state index < -0.39 is 44.3 Å². The molecule has 4 fully saturated rings. The van der Waals surface area contributed by atoms with Crippen molar-refractivity contribution < 1.29 is 25.6 Å². The molecule has 0 saturated carbocycles. The lowest BCUT2D eigenvalue weighted by Gasteiger charge is -2.51. The van der Waals surface area contributed by atoms with Gasteiger partial charge in [0.05, 0.1) is 6.54 Å². The van der Waals surface area contributed by atoms with Crippen molar-refractivity contribution in [2.45, 2.75) is 231 Å². The van der Waals surface area contributed by atoms with Crippen molar-refractivity contribution in [2.24, 2.45) is 0 Å². The van der Waals surface area contributed by atoms with E-state index in [-0.39, 0.29) is 36.8 Å². The summed E-state index contributed by atoms with van der Waals surface area (Å²) in [7, 11) is 0. The first-order chi connectivity index (χ1) is 29.2. The number of ether oxygens (including phenoxy) is 1. The molecular formula is C44H81N15O5. The van der Waals surface area contributed by atoms with E-state index in [4.69, 9.17) is 34.6 Å². The second-order valence-corrected chi connectivity index (χ2v) is 24.1. The first kappa shape index (κ1) is 49.9. The molecule has 4 saturated heterocycles. The summed E-state index contributed by atoms with van der Waals surface area (Å²) in [5.74, 6) is 1.89. The number of aromatic nitrogens is 6. The van der Waals surface area contributed by atoms with Crippen LogP contribution in [0.25, 0.3) is 0 Å². The Balaban J connectivity index is 1.21. The molecule has 6 heterocycles. The Morgan fingerprint density at radius 1 is 0.391 bits per heavy atom. The Bertz CT molecular complexity index is 1630. The number of hydroxylamine groups is 8. The maximum atomic E-state index is 11.0. The van der Waals surface area contributed by atoms with E-state index in [0.29, 0.717) is 87.7 Å². The van der Waals surface area contributed by atoms with Crippen molar-refractivity contribution in [1.82, 2.24) is 50.2 Å². The fraction of sp³-hybridized carbons (Fsp3) is 0.864. The predicted octanol–water partition coefficient (Wildman–Crippen LogP) is 6.84. The van der Waals surface area contributed by atoms with Gasteiger partial charge in [-0.25, -0.2) is 0 Å². The predicted molar refractivity (Wildman–Crippen MR) is 247 cm³/mol. The fourth-order valence-electron chi connectivity index (χ4n) is 11.7. The molecule has 4 aliphatic rings. The highest BCUT2D eigenvalue weighted by atomic mass is 16.5. The van der Waals surface area contributed by atoms with Gasteiger partial charge < -0.3 is 52.1 Å². The fourth-order valence-corrected chi connectivity index (χ4v) is 11.7. The zero-order chi connectivity index (χ0) is 47.6. The molecule has 6 rings (SSSR count). The number of nitrogens with one attached hydrogen (secondary N) is 5. The molecule has 0 aromatic carbocycles. The van der Waals surface area contributed by atoms with Gasteiger partial charge in [0.1, 0.15) is 6.61 Å². The largest absolute Gasteiger partial charge is 0.461 e. The Morgan fingerprint density at radius 3 is 0.859 bits per heavy atom. The molecule has 0 spiro atoms. The summed E-state index contributed by atoms with van der Waals surface area (Å²) in [6, 6.07) is 0.0201. The topological polar surface area (TPSA) is 241 Å². The molecule has 20 heteroatoms. The van der Waals surface area contributed by atoms with Crippen LogP contribution in [0.1, 0.15) is 162 Å². The summed E-state index contributed by atoms with van der Waals surface area (Å²) in [5, 5.41) is 67.2. The Morgan fingerprint density at radius 2 is 0.609 bits per heavy atom. The zero-order valence-corrected chi connectivity index (χ0v) is 41.5. The van der Waals surface area contributed by atoms with Crippen LogP contribution in [-0.2, 0) is 0 Å². The van der Waals surface area contributed by atoms with E-state index in [9.17, 15) is 20.8 Å². The van der Waals surface area contributed by atoms with Crippen molar-refractivity contribution in [2.75, 3.05) is 39.7 Å². The van der Waals surface area contributed by atoms with Crippen molar-refractivity contribution in [1.29, 1.82) is 0 Å². The summed E-state index contributed by atoms with van der Waals surface area (Å²) in [6.07, 6.45) is 5.30. The maximum Gasteiger partial charge on any atom is 0.323 e. The second-order valence-electron chi connectivity index (χ2n) is 24.1. The minimum absolute atomic E-state index is 0.0218. The van der Waals surface area contributed by atoms with Crippen LogP contribution < -0.4 is 31.3 Å². The standard InChI is InChI=1S/C44H81N15O5/c1-37(2)19-27(20-38(3,4)56(37)60)46-32-50-31(51-33(52-32)47-28-21-39(5,6)57(61)40(7,8)22-28)45-17-18-64-36-54-34(48-29-23-41(9,10)58(62)42(11,12)24-29)53-35(55-36)49-30-25-43(13,14)59(63)44(15,16)26-30/h27-30,60-63H,17-26H2,1-16H3,(H2,48,49,53,54,55)(H3,45,46,47,50,51,52). The average Bonchev–Trinajstić information content (AvgIpc) is 3.11. The van der Waals surface area contributed by atoms with Crippen molar-refractivity contribution in [3.8, 4) is 6.01 Å². The lowest BCUT2D eigenvalue weighted by molar-refractivity contribution is -0.243. The lowest BCUT2D eigenvalue weighted by Crippen LogP contribution is -2.61. The third-order valence-electron chi connectivity index (χ3n) is 13.8. The van der Waals surface area contributed by atoms with Crippen LogP contribution in [0.5, 0.6) is 6.01 Å². The molecule has 0 bridgehead atoms. The highest BCUT2D eigenvalue weighted by Gasteiger charge is 2.49. The van der Waals surface area contributed by atoms with Crippen molar-refractivity contribution >= 4 is 29.7 Å².